The van der Waals surface area contributed by atoms with Gasteiger partial charge >= 0.3 is 0 Å². The summed E-state index contributed by atoms with van der Waals surface area (Å²) in [4.78, 5) is 4.63. The second kappa shape index (κ2) is 8.28. The fourth-order valence-corrected chi connectivity index (χ4v) is 3.50. The van der Waals surface area contributed by atoms with E-state index in [1.165, 1.54) is 12.1 Å². The van der Waals surface area contributed by atoms with Crippen molar-refractivity contribution in [3.05, 3.63) is 100 Å². The van der Waals surface area contributed by atoms with Gasteiger partial charge in [-0.1, -0.05) is 17.7 Å². The summed E-state index contributed by atoms with van der Waals surface area (Å²) < 4.78 is 35.1. The summed E-state index contributed by atoms with van der Waals surface area (Å²) in [5.74, 6) is 0.0502. The van der Waals surface area contributed by atoms with Crippen molar-refractivity contribution >= 4 is 11.6 Å². The van der Waals surface area contributed by atoms with Gasteiger partial charge in [0.05, 0.1) is 5.69 Å². The van der Waals surface area contributed by atoms with Gasteiger partial charge in [0.15, 0.2) is 0 Å². The zero-order valence-corrected chi connectivity index (χ0v) is 17.3. The first kappa shape index (κ1) is 20.1. The molecule has 2 aromatic carbocycles. The molecule has 2 aromatic heterocycles. The first-order valence-electron chi connectivity index (χ1n) is 9.41. The number of halogens is 3. The Hall–Kier alpha value is -3.18. The Bertz CT molecular complexity index is 1220. The smallest absolute Gasteiger partial charge is 0.137 e. The van der Waals surface area contributed by atoms with E-state index in [9.17, 15) is 8.78 Å². The van der Waals surface area contributed by atoms with E-state index in [-0.39, 0.29) is 12.2 Å². The maximum atomic E-state index is 14.0. The molecular weight excluding hydrogens is 406 g/mol. The Kier molecular flexibility index (Phi) is 5.55. The third-order valence-corrected chi connectivity index (χ3v) is 5.03. The van der Waals surface area contributed by atoms with Gasteiger partial charge in [-0.05, 0) is 68.4 Å². The molecule has 0 aliphatic heterocycles. The lowest BCUT2D eigenvalue weighted by Crippen LogP contribution is -2.04. The number of aryl methyl sites for hydroxylation is 2. The zero-order valence-electron chi connectivity index (χ0n) is 16.5. The largest absolute Gasteiger partial charge is 0.488 e. The number of ether oxygens (including phenoxy) is 1. The molecule has 0 spiro atoms. The van der Waals surface area contributed by atoms with Gasteiger partial charge in [-0.2, -0.15) is 0 Å². The molecule has 0 bridgehead atoms. The number of aromatic nitrogens is 2. The quantitative estimate of drug-likeness (QED) is 0.358. The molecule has 0 unspecified atom stereocenters. The van der Waals surface area contributed by atoms with Crippen LogP contribution in [0.5, 0.6) is 5.75 Å². The molecule has 0 aliphatic rings. The number of nitrogens with zero attached hydrogens (tertiary/aromatic N) is 2. The highest BCUT2D eigenvalue weighted by Gasteiger charge is 2.16. The molecule has 0 radical (unpaired) electrons. The highest BCUT2D eigenvalue weighted by atomic mass is 35.5. The standard InChI is InChI=1S/C24H19ClF2N2O/c1-15-4-3-5-24(28-15)29-16(2)6-10-22(29)20-12-18(25)8-11-23(20)30-14-17-7-9-19(26)13-21(17)27/h3-13H,14H2,1-2H3. The van der Waals surface area contributed by atoms with Gasteiger partial charge in [0.2, 0.25) is 0 Å². The maximum Gasteiger partial charge on any atom is 0.137 e. The van der Waals surface area contributed by atoms with Crippen LogP contribution in [0.4, 0.5) is 8.78 Å². The molecule has 3 nitrogen and oxygen atoms in total. The monoisotopic (exact) mass is 424 g/mol. The fourth-order valence-electron chi connectivity index (χ4n) is 3.33. The normalized spacial score (nSPS) is 11.0. The lowest BCUT2D eigenvalue weighted by molar-refractivity contribution is 0.300. The summed E-state index contributed by atoms with van der Waals surface area (Å²) in [7, 11) is 0. The Morgan fingerprint density at radius 3 is 2.57 bits per heavy atom. The van der Waals surface area contributed by atoms with Crippen molar-refractivity contribution in [3.8, 4) is 22.8 Å². The van der Waals surface area contributed by atoms with Gasteiger partial charge < -0.3 is 4.74 Å². The summed E-state index contributed by atoms with van der Waals surface area (Å²) in [6.07, 6.45) is 0. The lowest BCUT2D eigenvalue weighted by Gasteiger charge is -2.16. The summed E-state index contributed by atoms with van der Waals surface area (Å²) >= 11 is 6.27. The van der Waals surface area contributed by atoms with E-state index in [2.05, 4.69) is 4.98 Å². The van der Waals surface area contributed by atoms with Crippen LogP contribution >= 0.6 is 11.6 Å². The minimum absolute atomic E-state index is 0.0386. The van der Waals surface area contributed by atoms with Gasteiger partial charge in [-0.25, -0.2) is 13.8 Å². The van der Waals surface area contributed by atoms with Gasteiger partial charge in [0, 0.05) is 33.6 Å². The van der Waals surface area contributed by atoms with Crippen LogP contribution < -0.4 is 4.74 Å². The molecule has 2 heterocycles. The van der Waals surface area contributed by atoms with Crippen LogP contribution in [-0.4, -0.2) is 9.55 Å². The van der Waals surface area contributed by atoms with Crippen molar-refractivity contribution in [2.75, 3.05) is 0 Å². The molecule has 0 aliphatic carbocycles. The second-order valence-electron chi connectivity index (χ2n) is 7.00. The van der Waals surface area contributed by atoms with E-state index in [1.54, 1.807) is 18.2 Å². The maximum absolute atomic E-state index is 14.0. The number of hydrogen-bond acceptors (Lipinski definition) is 2. The summed E-state index contributed by atoms with van der Waals surface area (Å²) in [5, 5.41) is 0.549. The number of pyridine rings is 1. The minimum Gasteiger partial charge on any atom is -0.488 e. The molecular formula is C24H19ClF2N2O. The van der Waals surface area contributed by atoms with E-state index >= 15 is 0 Å². The van der Waals surface area contributed by atoms with Crippen LogP contribution in [0.2, 0.25) is 5.02 Å². The highest BCUT2D eigenvalue weighted by Crippen LogP contribution is 2.35. The van der Waals surface area contributed by atoms with E-state index in [0.717, 1.165) is 34.5 Å². The first-order valence-corrected chi connectivity index (χ1v) is 9.79. The molecule has 0 saturated heterocycles. The third-order valence-electron chi connectivity index (χ3n) is 4.79. The molecule has 4 rings (SSSR count). The Labute approximate surface area is 178 Å². The predicted molar refractivity (Wildman–Crippen MR) is 114 cm³/mol. The third kappa shape index (κ3) is 4.07. The van der Waals surface area contributed by atoms with Crippen LogP contribution in [0.25, 0.3) is 17.1 Å². The predicted octanol–water partition coefficient (Wildman–Crippen LogP) is 6.67. The van der Waals surface area contributed by atoms with Gasteiger partial charge in [-0.15, -0.1) is 0 Å². The Balaban J connectivity index is 1.75. The van der Waals surface area contributed by atoms with Crippen LogP contribution in [0, 0.1) is 25.5 Å². The van der Waals surface area contributed by atoms with Crippen LogP contribution in [0.15, 0.2) is 66.7 Å². The van der Waals surface area contributed by atoms with Crippen molar-refractivity contribution < 1.29 is 13.5 Å². The van der Waals surface area contributed by atoms with Gasteiger partial charge in [0.25, 0.3) is 0 Å². The van der Waals surface area contributed by atoms with Crippen molar-refractivity contribution in [2.45, 2.75) is 20.5 Å². The average molecular weight is 425 g/mol. The van der Waals surface area contributed by atoms with Gasteiger partial charge in [-0.3, -0.25) is 4.57 Å². The molecule has 0 N–H and O–H groups in total. The Morgan fingerprint density at radius 1 is 0.967 bits per heavy atom. The van der Waals surface area contributed by atoms with E-state index in [4.69, 9.17) is 16.3 Å². The number of rotatable bonds is 5. The van der Waals surface area contributed by atoms with Crippen molar-refractivity contribution in [2.24, 2.45) is 0 Å². The topological polar surface area (TPSA) is 27.1 Å². The summed E-state index contributed by atoms with van der Waals surface area (Å²) in [6.45, 7) is 3.89. The molecule has 6 heteroatoms. The van der Waals surface area contributed by atoms with Gasteiger partial charge in [0.1, 0.15) is 29.8 Å². The second-order valence-corrected chi connectivity index (χ2v) is 7.43. The van der Waals surface area contributed by atoms with Crippen molar-refractivity contribution in [1.29, 1.82) is 0 Å². The SMILES string of the molecule is Cc1cccc(-n2c(C)ccc2-c2cc(Cl)ccc2OCc2ccc(F)cc2F)n1. The molecule has 30 heavy (non-hydrogen) atoms. The first-order chi connectivity index (χ1) is 14.4. The van der Waals surface area contributed by atoms with Crippen molar-refractivity contribution in [1.82, 2.24) is 9.55 Å². The summed E-state index contributed by atoms with van der Waals surface area (Å²) in [5.41, 5.74) is 3.77. The van der Waals surface area contributed by atoms with Crippen LogP contribution in [-0.2, 0) is 6.61 Å². The molecule has 0 saturated carbocycles. The molecule has 4 aromatic rings. The van der Waals surface area contributed by atoms with E-state index in [0.29, 0.717) is 10.8 Å². The number of benzene rings is 2. The minimum atomic E-state index is -0.645. The molecule has 0 atom stereocenters. The van der Waals surface area contributed by atoms with Crippen molar-refractivity contribution in [3.63, 3.8) is 0 Å². The van der Waals surface area contributed by atoms with Crippen LogP contribution in [0.1, 0.15) is 17.0 Å². The van der Waals surface area contributed by atoms with Crippen LogP contribution in [0.3, 0.4) is 0 Å². The highest BCUT2D eigenvalue weighted by molar-refractivity contribution is 6.31. The molecule has 0 amide bonds. The fraction of sp³-hybridized carbons (Fsp3) is 0.125. The molecule has 152 valence electrons. The average Bonchev–Trinajstić information content (AvgIpc) is 3.09. The number of hydrogen-bond donors (Lipinski definition) is 0. The van der Waals surface area contributed by atoms with E-state index < -0.39 is 11.6 Å². The van der Waals surface area contributed by atoms with E-state index in [1.807, 2.05) is 48.7 Å². The Morgan fingerprint density at radius 2 is 1.80 bits per heavy atom. The summed E-state index contributed by atoms with van der Waals surface area (Å²) in [6, 6.07) is 18.5. The molecule has 0 fully saturated rings. The lowest BCUT2D eigenvalue weighted by atomic mass is 10.1. The zero-order chi connectivity index (χ0) is 21.3.